The molecule has 0 saturated carbocycles. The predicted octanol–water partition coefficient (Wildman–Crippen LogP) is 0.978. The molecule has 0 fully saturated rings. The normalized spacial score (nSPS) is 13.8. The van der Waals surface area contributed by atoms with E-state index >= 15 is 0 Å². The molecule has 1 aromatic rings. The van der Waals surface area contributed by atoms with Gasteiger partial charge in [-0.25, -0.2) is 13.4 Å². The molecule has 1 rings (SSSR count). The minimum Gasteiger partial charge on any atom is -0.458 e. The van der Waals surface area contributed by atoms with E-state index in [4.69, 9.17) is 12.6 Å². The van der Waals surface area contributed by atoms with Gasteiger partial charge in [0.25, 0.3) is 10.1 Å². The molecule has 0 bridgehead atoms. The van der Waals surface area contributed by atoms with Gasteiger partial charge in [0.15, 0.2) is 0 Å². The summed E-state index contributed by atoms with van der Waals surface area (Å²) in [7, 11) is 1.52. The summed E-state index contributed by atoms with van der Waals surface area (Å²) in [6.45, 7) is 4.79. The van der Waals surface area contributed by atoms with Crippen molar-refractivity contribution in [2.75, 3.05) is 6.26 Å². The summed E-state index contributed by atoms with van der Waals surface area (Å²) in [5, 5.41) is 0. The predicted molar refractivity (Wildman–Crippen MR) is 76.3 cm³/mol. The maximum atomic E-state index is 13.8. The van der Waals surface area contributed by atoms with Crippen molar-refractivity contribution >= 4 is 29.4 Å². The second-order valence-electron chi connectivity index (χ2n) is 5.49. The third-order valence-corrected chi connectivity index (χ3v) is 2.74. The Bertz CT molecular complexity index is 636. The van der Waals surface area contributed by atoms with Gasteiger partial charge in [-0.2, -0.15) is 8.42 Å². The molecule has 114 valence electrons. The van der Waals surface area contributed by atoms with Gasteiger partial charge >= 0.3 is 5.97 Å². The lowest BCUT2D eigenvalue weighted by Gasteiger charge is -2.24. The molecule has 0 saturated heterocycles. The maximum absolute atomic E-state index is 13.8. The summed E-state index contributed by atoms with van der Waals surface area (Å²) in [4.78, 5) is 12.1. The van der Waals surface area contributed by atoms with E-state index in [2.05, 4.69) is 4.18 Å². The van der Waals surface area contributed by atoms with E-state index in [0.717, 1.165) is 18.4 Å². The summed E-state index contributed by atoms with van der Waals surface area (Å²) in [5.74, 6) is -1.83. The summed E-state index contributed by atoms with van der Waals surface area (Å²) in [5.41, 5.74) is -1.01. The van der Waals surface area contributed by atoms with E-state index in [1.54, 1.807) is 20.8 Å². The molecule has 0 aliphatic rings. The monoisotopic (exact) mass is 314 g/mol. The van der Waals surface area contributed by atoms with E-state index in [1.165, 1.54) is 6.07 Å². The number of hydrogen-bond donors (Lipinski definition) is 0. The average molecular weight is 314 g/mol. The van der Waals surface area contributed by atoms with Crippen molar-refractivity contribution in [2.45, 2.75) is 32.5 Å². The highest BCUT2D eigenvalue weighted by atomic mass is 32.2. The van der Waals surface area contributed by atoms with Crippen LogP contribution in [0.2, 0.25) is 0 Å². The van der Waals surface area contributed by atoms with Gasteiger partial charge in [0.1, 0.15) is 19.3 Å². The lowest BCUT2D eigenvalue weighted by Crippen LogP contribution is -2.31. The summed E-state index contributed by atoms with van der Waals surface area (Å²) in [6, 6.07) is 3.44. The Labute approximate surface area is 125 Å². The standard InChI is InChI=1S/C13H16BFO5S/c1-13(2,3)19-12(16)11(20-21(4,17)18)9-7-8(14)5-6-10(9)15/h5-7,11H,1-4H3. The van der Waals surface area contributed by atoms with E-state index < -0.39 is 33.6 Å². The highest BCUT2D eigenvalue weighted by Gasteiger charge is 2.32. The molecule has 0 heterocycles. The van der Waals surface area contributed by atoms with Crippen LogP contribution in [0.4, 0.5) is 4.39 Å². The number of benzene rings is 1. The van der Waals surface area contributed by atoms with Gasteiger partial charge in [0.2, 0.25) is 6.10 Å². The Balaban J connectivity index is 3.25. The zero-order valence-electron chi connectivity index (χ0n) is 12.2. The highest BCUT2D eigenvalue weighted by Crippen LogP contribution is 2.25. The van der Waals surface area contributed by atoms with Gasteiger partial charge in [-0.15, -0.1) is 0 Å². The Kier molecular flexibility index (Phi) is 5.17. The number of hydrogen-bond acceptors (Lipinski definition) is 5. The van der Waals surface area contributed by atoms with Gasteiger partial charge in [-0.1, -0.05) is 17.6 Å². The second-order valence-corrected chi connectivity index (χ2v) is 7.10. The van der Waals surface area contributed by atoms with Gasteiger partial charge in [-0.05, 0) is 26.8 Å². The molecule has 0 amide bonds. The molecule has 1 atom stereocenters. The summed E-state index contributed by atoms with van der Waals surface area (Å²) in [6.07, 6.45) is -0.989. The fraction of sp³-hybridized carbons (Fsp3) is 0.462. The van der Waals surface area contributed by atoms with E-state index in [-0.39, 0.29) is 11.0 Å². The molecule has 0 aliphatic carbocycles. The lowest BCUT2D eigenvalue weighted by molar-refractivity contribution is -0.163. The van der Waals surface area contributed by atoms with Crippen LogP contribution in [-0.4, -0.2) is 34.1 Å². The molecule has 0 aliphatic heterocycles. The van der Waals surface area contributed by atoms with Gasteiger partial charge in [0, 0.05) is 5.56 Å². The molecule has 0 spiro atoms. The van der Waals surface area contributed by atoms with Crippen molar-refractivity contribution in [1.82, 2.24) is 0 Å². The van der Waals surface area contributed by atoms with Crippen molar-refractivity contribution < 1.29 is 26.5 Å². The van der Waals surface area contributed by atoms with Crippen LogP contribution in [0.3, 0.4) is 0 Å². The Morgan fingerprint density at radius 1 is 1.33 bits per heavy atom. The number of carbonyl (C=O) groups excluding carboxylic acids is 1. The van der Waals surface area contributed by atoms with Crippen LogP contribution in [0.15, 0.2) is 18.2 Å². The van der Waals surface area contributed by atoms with Crippen LogP contribution in [0.1, 0.15) is 32.4 Å². The number of rotatable bonds is 4. The van der Waals surface area contributed by atoms with Crippen molar-refractivity contribution in [3.05, 3.63) is 29.6 Å². The Morgan fingerprint density at radius 2 is 1.90 bits per heavy atom. The minimum atomic E-state index is -4.01. The number of ether oxygens (including phenoxy) is 1. The largest absolute Gasteiger partial charge is 0.458 e. The number of carbonyl (C=O) groups is 1. The maximum Gasteiger partial charge on any atom is 0.342 e. The molecule has 5 nitrogen and oxygen atoms in total. The van der Waals surface area contributed by atoms with Crippen LogP contribution in [0.25, 0.3) is 0 Å². The Morgan fingerprint density at radius 3 is 2.38 bits per heavy atom. The first kappa shape index (κ1) is 17.6. The molecule has 8 heteroatoms. The molecule has 0 aromatic heterocycles. The summed E-state index contributed by atoms with van der Waals surface area (Å²) < 4.78 is 46.2. The molecule has 21 heavy (non-hydrogen) atoms. The molecule has 0 N–H and O–H groups in total. The Hall–Kier alpha value is -1.41. The third kappa shape index (κ3) is 5.85. The smallest absolute Gasteiger partial charge is 0.342 e. The van der Waals surface area contributed by atoms with Crippen molar-refractivity contribution in [3.8, 4) is 0 Å². The van der Waals surface area contributed by atoms with Crippen LogP contribution >= 0.6 is 0 Å². The fourth-order valence-corrected chi connectivity index (χ4v) is 2.04. The van der Waals surface area contributed by atoms with Gasteiger partial charge in [0.05, 0.1) is 6.26 Å². The number of halogens is 1. The van der Waals surface area contributed by atoms with Crippen LogP contribution in [0.5, 0.6) is 0 Å². The van der Waals surface area contributed by atoms with Gasteiger partial charge < -0.3 is 4.74 Å². The van der Waals surface area contributed by atoms with Crippen LogP contribution in [0, 0.1) is 5.82 Å². The minimum absolute atomic E-state index is 0.164. The van der Waals surface area contributed by atoms with Crippen molar-refractivity contribution in [2.24, 2.45) is 0 Å². The quantitative estimate of drug-likeness (QED) is 0.471. The molecular formula is C13H16BFO5S. The molecule has 2 radical (unpaired) electrons. The first-order valence-corrected chi connectivity index (χ1v) is 7.87. The third-order valence-electron chi connectivity index (χ3n) is 2.19. The van der Waals surface area contributed by atoms with Crippen molar-refractivity contribution in [1.29, 1.82) is 0 Å². The summed E-state index contributed by atoms with van der Waals surface area (Å²) >= 11 is 0. The molecule has 1 unspecified atom stereocenters. The van der Waals surface area contributed by atoms with E-state index in [0.29, 0.717) is 0 Å². The van der Waals surface area contributed by atoms with Crippen LogP contribution in [-0.2, 0) is 23.8 Å². The van der Waals surface area contributed by atoms with Crippen LogP contribution < -0.4 is 5.46 Å². The van der Waals surface area contributed by atoms with Crippen molar-refractivity contribution in [3.63, 3.8) is 0 Å². The average Bonchev–Trinajstić information content (AvgIpc) is 2.26. The number of esters is 1. The topological polar surface area (TPSA) is 69.7 Å². The zero-order valence-corrected chi connectivity index (χ0v) is 13.0. The zero-order chi connectivity index (χ0) is 16.4. The molecule has 1 aromatic carbocycles. The fourth-order valence-electron chi connectivity index (χ4n) is 1.51. The first-order chi connectivity index (χ1) is 9.39. The second kappa shape index (κ2) is 6.15. The van der Waals surface area contributed by atoms with E-state index in [1.807, 2.05) is 0 Å². The first-order valence-electron chi connectivity index (χ1n) is 6.05. The van der Waals surface area contributed by atoms with Gasteiger partial charge in [-0.3, -0.25) is 0 Å². The molecular weight excluding hydrogens is 298 g/mol. The van der Waals surface area contributed by atoms with E-state index in [9.17, 15) is 17.6 Å². The SMILES string of the molecule is [B]c1ccc(F)c(C(OS(C)(=O)=O)C(=O)OC(C)(C)C)c1. The highest BCUT2D eigenvalue weighted by molar-refractivity contribution is 7.86. The lowest BCUT2D eigenvalue weighted by atomic mass is 9.92.